The number of para-hydroxylation sites is 1. The lowest BCUT2D eigenvalue weighted by Gasteiger charge is -2.13. The Morgan fingerprint density at radius 3 is 2.73 bits per heavy atom. The Hall–Kier alpha value is -3.98. The van der Waals surface area contributed by atoms with Crippen molar-refractivity contribution in [1.82, 2.24) is 5.43 Å². The van der Waals surface area contributed by atoms with Crippen molar-refractivity contribution in [3.8, 4) is 11.5 Å². The number of carbonyl (C=O) groups excluding carboxylic acids is 1. The molecule has 1 N–H and O–H groups in total. The van der Waals surface area contributed by atoms with Gasteiger partial charge >= 0.3 is 0 Å². The first kappa shape index (κ1) is 23.7. The number of hydrogen-bond donors (Lipinski definition) is 1. The van der Waals surface area contributed by atoms with E-state index in [0.29, 0.717) is 16.9 Å². The number of nitrogens with zero attached hydrogens (tertiary/aromatic N) is 2. The number of benzene rings is 3. The molecule has 0 atom stereocenters. The molecule has 8 nitrogen and oxygen atoms in total. The quantitative estimate of drug-likeness (QED) is 0.277. The van der Waals surface area contributed by atoms with Crippen LogP contribution in [-0.4, -0.2) is 24.2 Å². The Kier molecular flexibility index (Phi) is 7.93. The fourth-order valence-electron chi connectivity index (χ4n) is 2.97. The van der Waals surface area contributed by atoms with Crippen LogP contribution in [0.3, 0.4) is 0 Å². The maximum Gasteiger partial charge on any atom is 0.273 e. The van der Waals surface area contributed by atoms with E-state index in [-0.39, 0.29) is 40.9 Å². The van der Waals surface area contributed by atoms with Gasteiger partial charge in [0.25, 0.3) is 5.69 Å². The highest BCUT2D eigenvalue weighted by molar-refractivity contribution is 6.32. The first-order valence-corrected chi connectivity index (χ1v) is 10.0. The predicted octanol–water partition coefficient (Wildman–Crippen LogP) is 4.67. The Morgan fingerprint density at radius 1 is 1.21 bits per heavy atom. The molecule has 0 aromatic heterocycles. The Balaban J connectivity index is 1.65. The second-order valence-electron chi connectivity index (χ2n) is 6.81. The summed E-state index contributed by atoms with van der Waals surface area (Å²) < 4.78 is 24.4. The average Bonchev–Trinajstić information content (AvgIpc) is 2.78. The Bertz CT molecular complexity index is 1200. The fraction of sp³-hybridized carbons (Fsp3) is 0.130. The van der Waals surface area contributed by atoms with Crippen molar-refractivity contribution in [2.24, 2.45) is 5.10 Å². The van der Waals surface area contributed by atoms with Crippen LogP contribution in [0.1, 0.15) is 16.7 Å². The predicted molar refractivity (Wildman–Crippen MR) is 121 cm³/mol. The van der Waals surface area contributed by atoms with Crippen LogP contribution in [0.25, 0.3) is 0 Å². The first-order chi connectivity index (χ1) is 15.9. The molecule has 1 amide bonds. The third-order valence-corrected chi connectivity index (χ3v) is 4.75. The standard InChI is InChI=1S/C23H19ClFN3O5/c1-32-21-11-16(10-19(24)23(21)33-14-15-5-4-7-18(25)9-15)13-26-27-22(29)12-17-6-2-3-8-20(17)28(30)31/h2-11,13H,12,14H2,1H3,(H,27,29). The lowest BCUT2D eigenvalue weighted by atomic mass is 10.1. The van der Waals surface area contributed by atoms with Gasteiger partial charge in [-0.3, -0.25) is 14.9 Å². The highest BCUT2D eigenvalue weighted by Gasteiger charge is 2.15. The molecule has 170 valence electrons. The summed E-state index contributed by atoms with van der Waals surface area (Å²) in [6, 6.07) is 15.1. The lowest BCUT2D eigenvalue weighted by molar-refractivity contribution is -0.385. The molecular formula is C23H19ClFN3O5. The van der Waals surface area contributed by atoms with Crippen molar-refractivity contribution < 1.29 is 23.6 Å². The highest BCUT2D eigenvalue weighted by atomic mass is 35.5. The van der Waals surface area contributed by atoms with E-state index in [1.807, 2.05) is 0 Å². The van der Waals surface area contributed by atoms with Gasteiger partial charge in [0.1, 0.15) is 12.4 Å². The average molecular weight is 472 g/mol. The van der Waals surface area contributed by atoms with Gasteiger partial charge in [-0.05, 0) is 35.4 Å². The first-order valence-electron chi connectivity index (χ1n) is 9.66. The van der Waals surface area contributed by atoms with Gasteiger partial charge in [0.15, 0.2) is 11.5 Å². The number of nitro groups is 1. The van der Waals surface area contributed by atoms with E-state index in [9.17, 15) is 19.3 Å². The molecule has 0 spiro atoms. The molecule has 0 saturated heterocycles. The minimum absolute atomic E-state index is 0.0863. The number of nitro benzene ring substituents is 1. The molecule has 0 bridgehead atoms. The van der Waals surface area contributed by atoms with Crippen molar-refractivity contribution in [2.75, 3.05) is 7.11 Å². The van der Waals surface area contributed by atoms with Crippen LogP contribution in [0, 0.1) is 15.9 Å². The highest BCUT2D eigenvalue weighted by Crippen LogP contribution is 2.36. The normalized spacial score (nSPS) is 10.8. The van der Waals surface area contributed by atoms with Gasteiger partial charge in [0, 0.05) is 11.6 Å². The van der Waals surface area contributed by atoms with E-state index in [1.165, 1.54) is 43.7 Å². The van der Waals surface area contributed by atoms with Crippen LogP contribution >= 0.6 is 11.6 Å². The summed E-state index contributed by atoms with van der Waals surface area (Å²) in [5.41, 5.74) is 3.61. The van der Waals surface area contributed by atoms with Crippen LogP contribution in [0.2, 0.25) is 5.02 Å². The molecule has 3 rings (SSSR count). The molecule has 3 aromatic rings. The smallest absolute Gasteiger partial charge is 0.273 e. The Labute approximate surface area is 193 Å². The van der Waals surface area contributed by atoms with Gasteiger partial charge in [-0.1, -0.05) is 41.9 Å². The molecule has 0 radical (unpaired) electrons. The number of amides is 1. The molecule has 10 heteroatoms. The third kappa shape index (κ3) is 6.50. The lowest BCUT2D eigenvalue weighted by Crippen LogP contribution is -2.20. The molecule has 0 aliphatic heterocycles. The van der Waals surface area contributed by atoms with Crippen molar-refractivity contribution >= 4 is 29.4 Å². The summed E-state index contributed by atoms with van der Waals surface area (Å²) in [5.74, 6) is -0.286. The molecule has 0 saturated carbocycles. The molecule has 0 unspecified atom stereocenters. The zero-order chi connectivity index (χ0) is 23.8. The summed E-state index contributed by atoms with van der Waals surface area (Å²) in [6.07, 6.45) is 1.15. The van der Waals surface area contributed by atoms with Gasteiger partial charge in [-0.15, -0.1) is 0 Å². The molecule has 0 fully saturated rings. The number of halogens is 2. The van der Waals surface area contributed by atoms with Gasteiger partial charge in [0.05, 0.1) is 29.7 Å². The maximum absolute atomic E-state index is 13.3. The summed E-state index contributed by atoms with van der Waals surface area (Å²) >= 11 is 6.31. The third-order valence-electron chi connectivity index (χ3n) is 4.47. The summed E-state index contributed by atoms with van der Waals surface area (Å²) in [4.78, 5) is 22.6. The minimum Gasteiger partial charge on any atom is -0.493 e. The van der Waals surface area contributed by atoms with Gasteiger partial charge in [-0.2, -0.15) is 5.10 Å². The number of ether oxygens (including phenoxy) is 2. The van der Waals surface area contributed by atoms with Crippen LogP contribution in [0.4, 0.5) is 10.1 Å². The minimum atomic E-state index is -0.544. The van der Waals surface area contributed by atoms with Gasteiger partial charge < -0.3 is 9.47 Å². The van der Waals surface area contributed by atoms with Crippen molar-refractivity contribution in [1.29, 1.82) is 0 Å². The van der Waals surface area contributed by atoms with E-state index >= 15 is 0 Å². The molecular weight excluding hydrogens is 453 g/mol. The van der Waals surface area contributed by atoms with Crippen LogP contribution in [0.5, 0.6) is 11.5 Å². The van der Waals surface area contributed by atoms with E-state index < -0.39 is 10.8 Å². The summed E-state index contributed by atoms with van der Waals surface area (Å²) in [7, 11) is 1.44. The van der Waals surface area contributed by atoms with E-state index in [0.717, 1.165) is 0 Å². The number of hydrazone groups is 1. The van der Waals surface area contributed by atoms with E-state index in [2.05, 4.69) is 10.5 Å². The fourth-order valence-corrected chi connectivity index (χ4v) is 3.24. The largest absolute Gasteiger partial charge is 0.493 e. The van der Waals surface area contributed by atoms with Crippen molar-refractivity contribution in [3.63, 3.8) is 0 Å². The second-order valence-corrected chi connectivity index (χ2v) is 7.22. The molecule has 3 aromatic carbocycles. The van der Waals surface area contributed by atoms with E-state index in [4.69, 9.17) is 21.1 Å². The number of rotatable bonds is 9. The zero-order valence-electron chi connectivity index (χ0n) is 17.5. The van der Waals surface area contributed by atoms with Gasteiger partial charge in [-0.25, -0.2) is 9.82 Å². The molecule has 0 aliphatic rings. The molecule has 0 aliphatic carbocycles. The van der Waals surface area contributed by atoms with Crippen molar-refractivity contribution in [3.05, 3.63) is 98.3 Å². The van der Waals surface area contributed by atoms with Gasteiger partial charge in [0.2, 0.25) is 5.91 Å². The summed E-state index contributed by atoms with van der Waals surface area (Å²) in [6.45, 7) is 0.0863. The topological polar surface area (TPSA) is 103 Å². The maximum atomic E-state index is 13.3. The van der Waals surface area contributed by atoms with Crippen molar-refractivity contribution in [2.45, 2.75) is 13.0 Å². The number of methoxy groups -OCH3 is 1. The molecule has 33 heavy (non-hydrogen) atoms. The number of hydrogen-bond acceptors (Lipinski definition) is 6. The summed E-state index contributed by atoms with van der Waals surface area (Å²) in [5, 5.41) is 15.2. The number of nitrogens with one attached hydrogen (secondary N) is 1. The van der Waals surface area contributed by atoms with Crippen LogP contribution in [-0.2, 0) is 17.8 Å². The molecule has 0 heterocycles. The second kappa shape index (κ2) is 11.1. The zero-order valence-corrected chi connectivity index (χ0v) is 18.2. The SMILES string of the molecule is COc1cc(C=NNC(=O)Cc2ccccc2[N+](=O)[O-])cc(Cl)c1OCc1cccc(F)c1. The van der Waals surface area contributed by atoms with Crippen LogP contribution in [0.15, 0.2) is 65.8 Å². The Morgan fingerprint density at radius 2 is 2.00 bits per heavy atom. The number of carbonyl (C=O) groups is 1. The monoisotopic (exact) mass is 471 g/mol. The van der Waals surface area contributed by atoms with E-state index in [1.54, 1.807) is 30.3 Å². The van der Waals surface area contributed by atoms with Crippen LogP contribution < -0.4 is 14.9 Å².